The van der Waals surface area contributed by atoms with E-state index in [9.17, 15) is 4.79 Å². The molecule has 0 aromatic carbocycles. The summed E-state index contributed by atoms with van der Waals surface area (Å²) in [5.41, 5.74) is 5.07. The minimum atomic E-state index is -1.71. The molecule has 0 aliphatic carbocycles. The number of rotatable bonds is 5. The van der Waals surface area contributed by atoms with E-state index in [-0.39, 0.29) is 0 Å². The van der Waals surface area contributed by atoms with Crippen LogP contribution in [0.25, 0.3) is 0 Å². The van der Waals surface area contributed by atoms with Crippen LogP contribution in [0, 0.1) is 0 Å². The van der Waals surface area contributed by atoms with Gasteiger partial charge in [0.2, 0.25) is 5.24 Å². The van der Waals surface area contributed by atoms with E-state index in [0.29, 0.717) is 0 Å². The van der Waals surface area contributed by atoms with Crippen molar-refractivity contribution in [2.75, 3.05) is 6.61 Å². The van der Waals surface area contributed by atoms with Crippen LogP contribution in [-0.2, 0) is 4.79 Å². The summed E-state index contributed by atoms with van der Waals surface area (Å²) in [6, 6.07) is -1.49. The first kappa shape index (κ1) is 12.8. The molecule has 7 heteroatoms. The highest BCUT2D eigenvalue weighted by atomic mass is 35.5. The fourth-order valence-corrected chi connectivity index (χ4v) is 0.811. The van der Waals surface area contributed by atoms with Gasteiger partial charge in [0.05, 0.1) is 6.61 Å². The molecule has 0 spiro atoms. The van der Waals surface area contributed by atoms with Crippen LogP contribution in [0.4, 0.5) is 0 Å². The Labute approximate surface area is 79.5 Å². The van der Waals surface area contributed by atoms with Crippen LogP contribution >= 0.6 is 11.6 Å². The molecule has 0 amide bonds. The molecular weight excluding hydrogens is 202 g/mol. The van der Waals surface area contributed by atoms with E-state index in [2.05, 4.69) is 0 Å². The zero-order chi connectivity index (χ0) is 10.6. The van der Waals surface area contributed by atoms with Gasteiger partial charge in [-0.05, 0) is 11.6 Å². The van der Waals surface area contributed by atoms with Crippen LogP contribution in [0.2, 0.25) is 0 Å². The molecule has 78 valence electrons. The summed E-state index contributed by atoms with van der Waals surface area (Å²) in [5, 5.41) is 34.4. The van der Waals surface area contributed by atoms with Crippen molar-refractivity contribution in [1.82, 2.24) is 0 Å². The molecule has 1 unspecified atom stereocenters. The molecule has 6 N–H and O–H groups in total. The third-order valence-corrected chi connectivity index (χ3v) is 1.81. The van der Waals surface area contributed by atoms with Gasteiger partial charge in [-0.2, -0.15) is 0 Å². The monoisotopic (exact) mass is 213 g/mol. The molecule has 0 saturated heterocycles. The number of carbonyl (C=O) groups is 1. The van der Waals surface area contributed by atoms with E-state index in [1.54, 1.807) is 0 Å². The van der Waals surface area contributed by atoms with Crippen molar-refractivity contribution in [2.45, 2.75) is 24.4 Å². The second-order valence-electron chi connectivity index (χ2n) is 2.56. The molecule has 0 radical (unpaired) electrons. The zero-order valence-electron chi connectivity index (χ0n) is 6.67. The molecule has 0 fully saturated rings. The van der Waals surface area contributed by atoms with Crippen LogP contribution in [0.1, 0.15) is 0 Å². The van der Waals surface area contributed by atoms with E-state index in [1.165, 1.54) is 0 Å². The summed E-state index contributed by atoms with van der Waals surface area (Å²) >= 11 is 4.94. The van der Waals surface area contributed by atoms with Crippen molar-refractivity contribution >= 4 is 16.8 Å². The van der Waals surface area contributed by atoms with E-state index in [1.807, 2.05) is 0 Å². The molecule has 0 aromatic heterocycles. The van der Waals surface area contributed by atoms with Gasteiger partial charge >= 0.3 is 0 Å². The lowest BCUT2D eigenvalue weighted by Gasteiger charge is -2.23. The van der Waals surface area contributed by atoms with Gasteiger partial charge in [0.1, 0.15) is 24.4 Å². The zero-order valence-corrected chi connectivity index (χ0v) is 7.42. The van der Waals surface area contributed by atoms with Gasteiger partial charge < -0.3 is 26.2 Å². The summed E-state index contributed by atoms with van der Waals surface area (Å²) in [4.78, 5) is 10.4. The molecule has 0 saturated carbocycles. The standard InChI is InChI=1S/C6H12ClNO5/c7-6(13)3(8)5(12)4(11)2(10)1-9/h2-5,9-12H,1,8H2/t2-,3?,4-,5-/m1/s1. The van der Waals surface area contributed by atoms with Gasteiger partial charge in [-0.1, -0.05) is 0 Å². The van der Waals surface area contributed by atoms with Gasteiger partial charge in [-0.15, -0.1) is 0 Å². The number of nitrogens with two attached hydrogens (primary N) is 1. The molecule has 0 aromatic rings. The number of aliphatic hydroxyl groups excluding tert-OH is 4. The fraction of sp³-hybridized carbons (Fsp3) is 0.833. The molecule has 0 heterocycles. The summed E-state index contributed by atoms with van der Waals surface area (Å²) in [5.74, 6) is 0. The second kappa shape index (κ2) is 5.48. The van der Waals surface area contributed by atoms with E-state index in [0.717, 1.165) is 0 Å². The smallest absolute Gasteiger partial charge is 0.241 e. The molecule has 6 nitrogen and oxygen atoms in total. The molecule has 13 heavy (non-hydrogen) atoms. The lowest BCUT2D eigenvalue weighted by molar-refractivity contribution is -0.122. The van der Waals surface area contributed by atoms with Gasteiger partial charge in [0, 0.05) is 0 Å². The third-order valence-electron chi connectivity index (χ3n) is 1.56. The Morgan fingerprint density at radius 1 is 1.31 bits per heavy atom. The maximum atomic E-state index is 10.4. The average Bonchev–Trinajstić information content (AvgIpc) is 2.12. The van der Waals surface area contributed by atoms with Crippen LogP contribution in [0.15, 0.2) is 0 Å². The Bertz CT molecular complexity index is 178. The second-order valence-corrected chi connectivity index (χ2v) is 2.93. The first-order valence-electron chi connectivity index (χ1n) is 3.51. The van der Waals surface area contributed by atoms with Crippen LogP contribution < -0.4 is 5.73 Å². The average molecular weight is 214 g/mol. The molecule has 4 atom stereocenters. The first-order chi connectivity index (χ1) is 5.91. The Morgan fingerprint density at radius 3 is 2.08 bits per heavy atom. The molecule has 0 aliphatic rings. The highest BCUT2D eigenvalue weighted by Crippen LogP contribution is 2.05. The molecular formula is C6H12ClNO5. The number of hydrogen-bond donors (Lipinski definition) is 5. The first-order valence-corrected chi connectivity index (χ1v) is 3.89. The van der Waals surface area contributed by atoms with Crippen LogP contribution in [-0.4, -0.2) is 56.6 Å². The van der Waals surface area contributed by atoms with Crippen LogP contribution in [0.3, 0.4) is 0 Å². The Balaban J connectivity index is 4.24. The number of hydrogen-bond acceptors (Lipinski definition) is 6. The Kier molecular flexibility index (Phi) is 5.38. The molecule has 0 rings (SSSR count). The largest absolute Gasteiger partial charge is 0.394 e. The van der Waals surface area contributed by atoms with Gasteiger partial charge in [0.25, 0.3) is 0 Å². The van der Waals surface area contributed by atoms with Crippen molar-refractivity contribution < 1.29 is 25.2 Å². The normalized spacial score (nSPS) is 20.5. The predicted molar refractivity (Wildman–Crippen MR) is 43.9 cm³/mol. The maximum Gasteiger partial charge on any atom is 0.241 e. The Morgan fingerprint density at radius 2 is 1.77 bits per heavy atom. The van der Waals surface area contributed by atoms with Crippen molar-refractivity contribution in [1.29, 1.82) is 0 Å². The fourth-order valence-electron chi connectivity index (χ4n) is 0.682. The molecule has 0 aliphatic heterocycles. The Hall–Kier alpha value is -0.240. The minimum Gasteiger partial charge on any atom is -0.394 e. The van der Waals surface area contributed by atoms with Crippen molar-refractivity contribution in [3.63, 3.8) is 0 Å². The van der Waals surface area contributed by atoms with Gasteiger partial charge in [0.15, 0.2) is 0 Å². The van der Waals surface area contributed by atoms with Crippen LogP contribution in [0.5, 0.6) is 0 Å². The number of carbonyl (C=O) groups excluding carboxylic acids is 1. The summed E-state index contributed by atoms with van der Waals surface area (Å²) in [7, 11) is 0. The summed E-state index contributed by atoms with van der Waals surface area (Å²) in [6.07, 6.45) is -4.97. The van der Waals surface area contributed by atoms with E-state index >= 15 is 0 Å². The number of halogens is 1. The predicted octanol–water partition coefficient (Wildman–Crippen LogP) is -2.85. The SMILES string of the molecule is NC(C(=O)Cl)[C@@H](O)[C@H](O)[C@H](O)CO. The van der Waals surface area contributed by atoms with Crippen molar-refractivity contribution in [2.24, 2.45) is 5.73 Å². The highest BCUT2D eigenvalue weighted by Gasteiger charge is 2.32. The van der Waals surface area contributed by atoms with Gasteiger partial charge in [-0.25, -0.2) is 0 Å². The third kappa shape index (κ3) is 3.55. The topological polar surface area (TPSA) is 124 Å². The lowest BCUT2D eigenvalue weighted by atomic mass is 10.0. The summed E-state index contributed by atoms with van der Waals surface area (Å²) < 4.78 is 0. The van der Waals surface area contributed by atoms with Crippen molar-refractivity contribution in [3.05, 3.63) is 0 Å². The highest BCUT2D eigenvalue weighted by molar-refractivity contribution is 6.64. The van der Waals surface area contributed by atoms with Crippen molar-refractivity contribution in [3.8, 4) is 0 Å². The molecule has 0 bridgehead atoms. The van der Waals surface area contributed by atoms with E-state index < -0.39 is 36.2 Å². The van der Waals surface area contributed by atoms with E-state index in [4.69, 9.17) is 37.8 Å². The lowest BCUT2D eigenvalue weighted by Crippen LogP contribution is -2.51. The minimum absolute atomic E-state index is 0.749. The number of aliphatic hydroxyl groups is 4. The maximum absolute atomic E-state index is 10.4. The van der Waals surface area contributed by atoms with Gasteiger partial charge in [-0.3, -0.25) is 4.79 Å². The quantitative estimate of drug-likeness (QED) is 0.313. The summed E-state index contributed by atoms with van der Waals surface area (Å²) in [6.45, 7) is -0.749.